The van der Waals surface area contributed by atoms with Gasteiger partial charge in [0.15, 0.2) is 6.67 Å². The van der Waals surface area contributed by atoms with E-state index in [0.29, 0.717) is 6.54 Å². The summed E-state index contributed by atoms with van der Waals surface area (Å²) in [7, 11) is 0. The van der Waals surface area contributed by atoms with Gasteiger partial charge in [0.2, 0.25) is 0 Å². The van der Waals surface area contributed by atoms with Crippen LogP contribution in [0.15, 0.2) is 30.3 Å². The summed E-state index contributed by atoms with van der Waals surface area (Å²) in [6.07, 6.45) is 3.65. The SMILES string of the molecule is CC[NH+](Cc1ccccc1)CN1C(=O)C(=O)N(C2CCCC2)C1=O. The van der Waals surface area contributed by atoms with E-state index in [1.165, 1.54) is 4.90 Å². The van der Waals surface area contributed by atoms with Crippen LogP contribution in [0.4, 0.5) is 4.79 Å². The third kappa shape index (κ3) is 3.19. The van der Waals surface area contributed by atoms with Crippen molar-refractivity contribution in [3.63, 3.8) is 0 Å². The number of nitrogens with zero attached hydrogens (tertiary/aromatic N) is 2. The molecule has 1 atom stereocenters. The Bertz CT molecular complexity index is 626. The van der Waals surface area contributed by atoms with E-state index in [9.17, 15) is 14.4 Å². The Morgan fingerprint density at radius 3 is 2.33 bits per heavy atom. The number of urea groups is 1. The van der Waals surface area contributed by atoms with Crippen LogP contribution in [0, 0.1) is 0 Å². The second-order valence-corrected chi connectivity index (χ2v) is 6.55. The molecule has 1 aliphatic carbocycles. The van der Waals surface area contributed by atoms with Crippen LogP contribution in [0.3, 0.4) is 0 Å². The van der Waals surface area contributed by atoms with E-state index in [1.807, 2.05) is 37.3 Å². The Kier molecular flexibility index (Phi) is 4.94. The summed E-state index contributed by atoms with van der Waals surface area (Å²) in [5.41, 5.74) is 1.15. The van der Waals surface area contributed by atoms with E-state index in [1.54, 1.807) is 0 Å². The topological polar surface area (TPSA) is 62.1 Å². The third-order valence-electron chi connectivity index (χ3n) is 4.95. The van der Waals surface area contributed by atoms with Crippen molar-refractivity contribution in [2.75, 3.05) is 13.2 Å². The minimum absolute atomic E-state index is 0.0989. The van der Waals surface area contributed by atoms with Gasteiger partial charge < -0.3 is 4.90 Å². The summed E-state index contributed by atoms with van der Waals surface area (Å²) in [5.74, 6) is -1.33. The van der Waals surface area contributed by atoms with Crippen LogP contribution in [0.25, 0.3) is 0 Å². The van der Waals surface area contributed by atoms with Crippen molar-refractivity contribution in [2.45, 2.75) is 45.2 Å². The zero-order valence-electron chi connectivity index (χ0n) is 14.0. The van der Waals surface area contributed by atoms with Gasteiger partial charge in [-0.2, -0.15) is 0 Å². The molecule has 6 heteroatoms. The van der Waals surface area contributed by atoms with Crippen molar-refractivity contribution in [1.82, 2.24) is 9.80 Å². The molecule has 1 saturated carbocycles. The van der Waals surface area contributed by atoms with Crippen LogP contribution in [0.5, 0.6) is 0 Å². The number of carbonyl (C=O) groups is 3. The quantitative estimate of drug-likeness (QED) is 0.619. The molecule has 1 aromatic rings. The Morgan fingerprint density at radius 2 is 1.71 bits per heavy atom. The fourth-order valence-electron chi connectivity index (χ4n) is 3.55. The minimum Gasteiger partial charge on any atom is -0.314 e. The highest BCUT2D eigenvalue weighted by Gasteiger charge is 2.49. The van der Waals surface area contributed by atoms with E-state index in [0.717, 1.165) is 47.6 Å². The van der Waals surface area contributed by atoms with Gasteiger partial charge in [-0.15, -0.1) is 0 Å². The minimum atomic E-state index is -0.675. The van der Waals surface area contributed by atoms with E-state index in [2.05, 4.69) is 0 Å². The molecule has 1 saturated heterocycles. The molecule has 1 aromatic carbocycles. The molecule has 1 heterocycles. The van der Waals surface area contributed by atoms with Crippen LogP contribution in [-0.4, -0.2) is 46.9 Å². The van der Waals surface area contributed by atoms with Crippen LogP contribution in [0.1, 0.15) is 38.2 Å². The first-order valence-electron chi connectivity index (χ1n) is 8.68. The largest absolute Gasteiger partial charge is 0.338 e. The smallest absolute Gasteiger partial charge is 0.314 e. The number of benzene rings is 1. The van der Waals surface area contributed by atoms with Crippen LogP contribution in [0.2, 0.25) is 0 Å². The fourth-order valence-corrected chi connectivity index (χ4v) is 3.55. The summed E-state index contributed by atoms with van der Waals surface area (Å²) in [5, 5.41) is 0. The number of quaternary nitrogens is 1. The van der Waals surface area contributed by atoms with Gasteiger partial charge in [0.1, 0.15) is 6.54 Å². The summed E-state index contributed by atoms with van der Waals surface area (Å²) in [4.78, 5) is 40.5. The first-order chi connectivity index (χ1) is 11.6. The highest BCUT2D eigenvalue weighted by molar-refractivity contribution is 6.44. The van der Waals surface area contributed by atoms with Gasteiger partial charge in [-0.1, -0.05) is 43.2 Å². The molecule has 1 aliphatic heterocycles. The molecule has 0 bridgehead atoms. The van der Waals surface area contributed by atoms with Crippen molar-refractivity contribution in [3.8, 4) is 0 Å². The first-order valence-corrected chi connectivity index (χ1v) is 8.68. The summed E-state index contributed by atoms with van der Waals surface area (Å²) in [6, 6.07) is 9.42. The molecule has 0 aromatic heterocycles. The molecule has 1 unspecified atom stereocenters. The maximum absolute atomic E-state index is 12.6. The first kappa shape index (κ1) is 16.6. The van der Waals surface area contributed by atoms with Gasteiger partial charge in [0, 0.05) is 11.6 Å². The number of nitrogens with one attached hydrogen (secondary N) is 1. The van der Waals surface area contributed by atoms with Crippen LogP contribution < -0.4 is 4.90 Å². The average molecular weight is 330 g/mol. The Balaban J connectivity index is 1.70. The Hall–Kier alpha value is -2.21. The van der Waals surface area contributed by atoms with Crippen LogP contribution in [-0.2, 0) is 16.1 Å². The number of hydrogen-bond acceptors (Lipinski definition) is 3. The van der Waals surface area contributed by atoms with Crippen molar-refractivity contribution >= 4 is 17.8 Å². The number of amides is 4. The van der Waals surface area contributed by atoms with Gasteiger partial charge in [-0.3, -0.25) is 14.5 Å². The molecule has 2 fully saturated rings. The molecule has 0 radical (unpaired) electrons. The zero-order valence-corrected chi connectivity index (χ0v) is 14.0. The number of hydrogen-bond donors (Lipinski definition) is 1. The van der Waals surface area contributed by atoms with E-state index < -0.39 is 17.8 Å². The van der Waals surface area contributed by atoms with E-state index in [-0.39, 0.29) is 12.7 Å². The average Bonchev–Trinajstić information content (AvgIpc) is 3.18. The predicted octanol–water partition coefficient (Wildman–Crippen LogP) is 0.782. The lowest BCUT2D eigenvalue weighted by Crippen LogP contribution is -3.12. The maximum Gasteiger partial charge on any atom is 0.338 e. The lowest BCUT2D eigenvalue weighted by Gasteiger charge is -2.24. The molecular formula is C18H24N3O3+. The fraction of sp³-hybridized carbons (Fsp3) is 0.500. The predicted molar refractivity (Wildman–Crippen MR) is 87.9 cm³/mol. The molecule has 24 heavy (non-hydrogen) atoms. The number of imide groups is 2. The zero-order chi connectivity index (χ0) is 17.1. The van der Waals surface area contributed by atoms with Crippen molar-refractivity contribution in [1.29, 1.82) is 0 Å². The molecule has 4 amide bonds. The van der Waals surface area contributed by atoms with Gasteiger partial charge in [-0.25, -0.2) is 9.69 Å². The molecule has 3 rings (SSSR count). The summed E-state index contributed by atoms with van der Waals surface area (Å²) in [6.45, 7) is 3.73. The molecule has 0 spiro atoms. The second-order valence-electron chi connectivity index (χ2n) is 6.55. The van der Waals surface area contributed by atoms with E-state index >= 15 is 0 Å². The Morgan fingerprint density at radius 1 is 1.04 bits per heavy atom. The van der Waals surface area contributed by atoms with Crippen molar-refractivity contribution < 1.29 is 19.3 Å². The van der Waals surface area contributed by atoms with Gasteiger partial charge in [0.25, 0.3) is 0 Å². The highest BCUT2D eigenvalue weighted by atomic mass is 16.2. The lowest BCUT2D eigenvalue weighted by molar-refractivity contribution is -0.919. The highest BCUT2D eigenvalue weighted by Crippen LogP contribution is 2.27. The monoisotopic (exact) mass is 330 g/mol. The van der Waals surface area contributed by atoms with Gasteiger partial charge >= 0.3 is 17.8 Å². The van der Waals surface area contributed by atoms with Crippen molar-refractivity contribution in [3.05, 3.63) is 35.9 Å². The molecule has 6 nitrogen and oxygen atoms in total. The second kappa shape index (κ2) is 7.13. The summed E-state index contributed by atoms with van der Waals surface area (Å²) >= 11 is 0. The number of carbonyl (C=O) groups excluding carboxylic acids is 3. The normalized spacial score (nSPS) is 20.3. The molecule has 2 aliphatic rings. The van der Waals surface area contributed by atoms with Gasteiger partial charge in [0.05, 0.1) is 6.54 Å². The number of rotatable bonds is 6. The third-order valence-corrected chi connectivity index (χ3v) is 4.95. The lowest BCUT2D eigenvalue weighted by atomic mass is 10.2. The Labute approximate surface area is 142 Å². The standard InChI is InChI=1S/C18H23N3O3/c1-2-19(12-14-8-4-3-5-9-14)13-20-16(22)17(23)21(18(20)24)15-10-6-7-11-15/h3-5,8-9,15H,2,6-7,10-13H2,1H3/p+1. The molecule has 128 valence electrons. The molecular weight excluding hydrogens is 306 g/mol. The van der Waals surface area contributed by atoms with E-state index in [4.69, 9.17) is 0 Å². The van der Waals surface area contributed by atoms with Gasteiger partial charge in [-0.05, 0) is 19.8 Å². The summed E-state index contributed by atoms with van der Waals surface area (Å²) < 4.78 is 0. The maximum atomic E-state index is 12.6. The molecule has 1 N–H and O–H groups in total. The van der Waals surface area contributed by atoms with Crippen LogP contribution >= 0.6 is 0 Å². The van der Waals surface area contributed by atoms with Crippen molar-refractivity contribution in [2.24, 2.45) is 0 Å².